The van der Waals surface area contributed by atoms with Crippen molar-refractivity contribution < 1.29 is 14.3 Å². The van der Waals surface area contributed by atoms with E-state index in [9.17, 15) is 4.79 Å². The average molecular weight is 379 g/mol. The maximum Gasteiger partial charge on any atom is 0.519 e. The number of rotatable bonds is 4. The summed E-state index contributed by atoms with van der Waals surface area (Å²) < 4.78 is 11.2. The molecule has 3 nitrogen and oxygen atoms in total. The fraction of sp³-hybridized carbons (Fsp3) is 0.320. The van der Waals surface area contributed by atoms with Crippen LogP contribution >= 0.6 is 0 Å². The Bertz CT molecular complexity index is 819. The lowest BCUT2D eigenvalue weighted by Gasteiger charge is -2.24. The number of benzene rings is 2. The van der Waals surface area contributed by atoms with Crippen molar-refractivity contribution in [2.75, 3.05) is 0 Å². The second-order valence-corrected chi connectivity index (χ2v) is 8.87. The molecule has 0 spiro atoms. The van der Waals surface area contributed by atoms with Crippen LogP contribution in [0.25, 0.3) is 12.2 Å². The van der Waals surface area contributed by atoms with Gasteiger partial charge in [-0.1, -0.05) is 79.0 Å². The summed E-state index contributed by atoms with van der Waals surface area (Å²) in [4.78, 5) is 12.6. The monoisotopic (exact) mass is 378 g/mol. The largest absolute Gasteiger partial charge is 0.519 e. The van der Waals surface area contributed by atoms with E-state index in [2.05, 4.69) is 54.7 Å². The van der Waals surface area contributed by atoms with Crippen LogP contribution in [0.5, 0.6) is 11.5 Å². The predicted molar refractivity (Wildman–Crippen MR) is 117 cm³/mol. The number of hydrogen-bond acceptors (Lipinski definition) is 3. The summed E-state index contributed by atoms with van der Waals surface area (Å²) in [5.74, 6) is 0.978. The van der Waals surface area contributed by atoms with Crippen molar-refractivity contribution in [2.45, 2.75) is 52.4 Å². The van der Waals surface area contributed by atoms with Crippen LogP contribution in [0.4, 0.5) is 4.79 Å². The molecule has 0 amide bonds. The maximum absolute atomic E-state index is 12.6. The van der Waals surface area contributed by atoms with E-state index in [1.165, 1.54) is 0 Å². The first-order valence-electron chi connectivity index (χ1n) is 9.39. The van der Waals surface area contributed by atoms with E-state index in [-0.39, 0.29) is 10.8 Å². The van der Waals surface area contributed by atoms with Gasteiger partial charge in [0.25, 0.3) is 0 Å². The fourth-order valence-corrected chi connectivity index (χ4v) is 2.90. The van der Waals surface area contributed by atoms with Crippen LogP contribution in [-0.4, -0.2) is 6.16 Å². The third-order valence-electron chi connectivity index (χ3n) is 4.48. The van der Waals surface area contributed by atoms with E-state index in [1.54, 1.807) is 24.3 Å². The molecule has 3 heteroatoms. The standard InChI is InChI=1S/C25H30O3/c1-9-17-11-13-21(19(15-17)24(3,4)5)27-23(26)28-22-14-12-18(10-2)16-20(22)25(6,7)8/h9-16H,1-2H2,3-8H3. The van der Waals surface area contributed by atoms with E-state index in [0.29, 0.717) is 11.5 Å². The fourth-order valence-electron chi connectivity index (χ4n) is 2.90. The highest BCUT2D eigenvalue weighted by Gasteiger charge is 2.24. The molecule has 0 aromatic heterocycles. The molecule has 0 saturated carbocycles. The maximum atomic E-state index is 12.6. The molecular formula is C25H30O3. The summed E-state index contributed by atoms with van der Waals surface area (Å²) in [6, 6.07) is 11.3. The van der Waals surface area contributed by atoms with Crippen molar-refractivity contribution in [3.63, 3.8) is 0 Å². The zero-order valence-corrected chi connectivity index (χ0v) is 17.8. The van der Waals surface area contributed by atoms with Gasteiger partial charge < -0.3 is 9.47 Å². The smallest absolute Gasteiger partial charge is 0.394 e. The second-order valence-electron chi connectivity index (χ2n) is 8.87. The molecule has 0 N–H and O–H groups in total. The predicted octanol–water partition coefficient (Wildman–Crippen LogP) is 7.15. The van der Waals surface area contributed by atoms with E-state index in [1.807, 2.05) is 24.3 Å². The normalized spacial score (nSPS) is 11.6. The van der Waals surface area contributed by atoms with E-state index in [0.717, 1.165) is 22.3 Å². The van der Waals surface area contributed by atoms with Crippen LogP contribution < -0.4 is 9.47 Å². The lowest BCUT2D eigenvalue weighted by atomic mass is 9.85. The quantitative estimate of drug-likeness (QED) is 0.419. The van der Waals surface area contributed by atoms with Gasteiger partial charge in [0.1, 0.15) is 11.5 Å². The van der Waals surface area contributed by atoms with Gasteiger partial charge in [0.2, 0.25) is 0 Å². The van der Waals surface area contributed by atoms with Crippen LogP contribution in [0.15, 0.2) is 49.6 Å². The molecule has 28 heavy (non-hydrogen) atoms. The topological polar surface area (TPSA) is 35.5 Å². The first kappa shape index (κ1) is 21.5. The Labute approximate surface area is 168 Å². The lowest BCUT2D eigenvalue weighted by Crippen LogP contribution is -2.21. The van der Waals surface area contributed by atoms with Crippen LogP contribution in [0.1, 0.15) is 63.8 Å². The summed E-state index contributed by atoms with van der Waals surface area (Å²) in [7, 11) is 0. The molecule has 0 unspecified atom stereocenters. The van der Waals surface area contributed by atoms with Gasteiger partial charge >= 0.3 is 6.16 Å². The second kappa shape index (κ2) is 8.05. The van der Waals surface area contributed by atoms with Crippen LogP contribution in [0.3, 0.4) is 0 Å². The van der Waals surface area contributed by atoms with Gasteiger partial charge in [-0.2, -0.15) is 0 Å². The van der Waals surface area contributed by atoms with Crippen molar-refractivity contribution >= 4 is 18.3 Å². The first-order valence-corrected chi connectivity index (χ1v) is 9.39. The van der Waals surface area contributed by atoms with Crippen molar-refractivity contribution in [1.29, 1.82) is 0 Å². The molecule has 2 rings (SSSR count). The Balaban J connectivity index is 2.33. The molecule has 0 heterocycles. The molecule has 0 bridgehead atoms. The highest BCUT2D eigenvalue weighted by atomic mass is 16.7. The molecule has 148 valence electrons. The average Bonchev–Trinajstić information content (AvgIpc) is 2.60. The Morgan fingerprint density at radius 3 is 1.39 bits per heavy atom. The van der Waals surface area contributed by atoms with Gasteiger partial charge in [0.15, 0.2) is 0 Å². The Hall–Kier alpha value is -2.81. The van der Waals surface area contributed by atoms with Gasteiger partial charge in [-0.3, -0.25) is 0 Å². The zero-order chi connectivity index (χ0) is 21.1. The lowest BCUT2D eigenvalue weighted by molar-refractivity contribution is 0.150. The molecule has 2 aromatic carbocycles. The van der Waals surface area contributed by atoms with E-state index < -0.39 is 6.16 Å². The van der Waals surface area contributed by atoms with Crippen molar-refractivity contribution in [1.82, 2.24) is 0 Å². The molecule has 2 aromatic rings. The van der Waals surface area contributed by atoms with Crippen LogP contribution in [0.2, 0.25) is 0 Å². The number of carbonyl (C=O) groups is 1. The summed E-state index contributed by atoms with van der Waals surface area (Å²) in [5.41, 5.74) is 3.38. The molecule has 0 aliphatic rings. The van der Waals surface area contributed by atoms with Crippen molar-refractivity contribution in [3.05, 3.63) is 71.8 Å². The van der Waals surface area contributed by atoms with E-state index in [4.69, 9.17) is 9.47 Å². The molecule has 0 aliphatic carbocycles. The van der Waals surface area contributed by atoms with Crippen molar-refractivity contribution in [2.24, 2.45) is 0 Å². The summed E-state index contributed by atoms with van der Waals surface area (Å²) in [6.07, 6.45) is 2.79. The zero-order valence-electron chi connectivity index (χ0n) is 17.8. The highest BCUT2D eigenvalue weighted by molar-refractivity contribution is 5.70. The summed E-state index contributed by atoms with van der Waals surface area (Å²) >= 11 is 0. The van der Waals surface area contributed by atoms with Crippen LogP contribution in [0, 0.1) is 0 Å². The Morgan fingerprint density at radius 2 is 1.11 bits per heavy atom. The minimum atomic E-state index is -0.756. The minimum absolute atomic E-state index is 0.198. The first-order chi connectivity index (χ1) is 13.0. The molecule has 0 atom stereocenters. The third kappa shape index (κ3) is 5.13. The van der Waals surface area contributed by atoms with Gasteiger partial charge in [-0.25, -0.2) is 4.79 Å². The molecule has 0 saturated heterocycles. The van der Waals surface area contributed by atoms with Gasteiger partial charge in [0, 0.05) is 11.1 Å². The van der Waals surface area contributed by atoms with Gasteiger partial charge in [-0.05, 0) is 46.2 Å². The van der Waals surface area contributed by atoms with Crippen molar-refractivity contribution in [3.8, 4) is 11.5 Å². The number of carbonyl (C=O) groups excluding carboxylic acids is 1. The number of ether oxygens (including phenoxy) is 2. The molecular weight excluding hydrogens is 348 g/mol. The Morgan fingerprint density at radius 1 is 0.750 bits per heavy atom. The molecule has 0 fully saturated rings. The highest BCUT2D eigenvalue weighted by Crippen LogP contribution is 2.35. The molecule has 0 radical (unpaired) electrons. The third-order valence-corrected chi connectivity index (χ3v) is 4.48. The molecule has 0 aliphatic heterocycles. The minimum Gasteiger partial charge on any atom is -0.394 e. The van der Waals surface area contributed by atoms with E-state index >= 15 is 0 Å². The van der Waals surface area contributed by atoms with Crippen LogP contribution in [-0.2, 0) is 10.8 Å². The number of hydrogen-bond donors (Lipinski definition) is 0. The summed E-state index contributed by atoms with van der Waals surface area (Å²) in [6.45, 7) is 20.0. The summed E-state index contributed by atoms with van der Waals surface area (Å²) in [5, 5.41) is 0. The van der Waals surface area contributed by atoms with Gasteiger partial charge in [0.05, 0.1) is 0 Å². The Kier molecular flexibility index (Phi) is 6.18. The van der Waals surface area contributed by atoms with Gasteiger partial charge in [-0.15, -0.1) is 0 Å². The SMILES string of the molecule is C=Cc1ccc(OC(=O)Oc2ccc(C=C)cc2C(C)(C)C)c(C(C)(C)C)c1.